The van der Waals surface area contributed by atoms with E-state index in [1.807, 2.05) is 24.4 Å². The van der Waals surface area contributed by atoms with Crippen molar-refractivity contribution in [1.29, 1.82) is 0 Å². The number of rotatable bonds is 4. The van der Waals surface area contributed by atoms with Gasteiger partial charge in [0.1, 0.15) is 0 Å². The van der Waals surface area contributed by atoms with Crippen LogP contribution in [0.5, 0.6) is 0 Å². The normalized spacial score (nSPS) is 12.9. The van der Waals surface area contributed by atoms with Crippen molar-refractivity contribution in [2.75, 3.05) is 11.9 Å². The number of hydrogen-bond acceptors (Lipinski definition) is 4. The lowest BCUT2D eigenvalue weighted by Crippen LogP contribution is -2.28. The molecule has 0 amide bonds. The molecule has 1 atom stereocenters. The molecule has 0 radical (unpaired) electrons. The first kappa shape index (κ1) is 9.92. The van der Waals surface area contributed by atoms with Gasteiger partial charge in [-0.1, -0.05) is 13.0 Å². The summed E-state index contributed by atoms with van der Waals surface area (Å²) in [7, 11) is 0. The summed E-state index contributed by atoms with van der Waals surface area (Å²) in [6.07, 6.45) is 2.81. The molecule has 0 aliphatic rings. The van der Waals surface area contributed by atoms with Gasteiger partial charge in [0.15, 0.2) is 5.65 Å². The molecule has 0 saturated carbocycles. The predicted molar refractivity (Wildman–Crippen MR) is 59.7 cm³/mol. The third-order valence-corrected chi connectivity index (χ3v) is 2.29. The number of anilines is 1. The van der Waals surface area contributed by atoms with E-state index in [1.165, 1.54) is 0 Å². The SMILES string of the molecule is CCC(N)CNc1nc2ccccn2n1. The summed E-state index contributed by atoms with van der Waals surface area (Å²) in [6.45, 7) is 2.76. The summed E-state index contributed by atoms with van der Waals surface area (Å²) in [5.74, 6) is 0.630. The van der Waals surface area contributed by atoms with Crippen LogP contribution in [0.2, 0.25) is 0 Å². The Morgan fingerprint density at radius 3 is 3.13 bits per heavy atom. The lowest BCUT2D eigenvalue weighted by molar-refractivity contribution is 0.676. The molecule has 2 aromatic heterocycles. The zero-order valence-electron chi connectivity index (χ0n) is 8.72. The fraction of sp³-hybridized carbons (Fsp3) is 0.400. The molecule has 0 saturated heterocycles. The molecule has 1 unspecified atom stereocenters. The summed E-state index contributed by atoms with van der Waals surface area (Å²) in [5, 5.41) is 7.37. The second-order valence-electron chi connectivity index (χ2n) is 3.49. The van der Waals surface area contributed by atoms with E-state index >= 15 is 0 Å². The first-order valence-corrected chi connectivity index (χ1v) is 5.10. The average molecular weight is 205 g/mol. The maximum atomic E-state index is 5.79. The summed E-state index contributed by atoms with van der Waals surface area (Å²) in [6, 6.07) is 5.92. The Bertz CT molecular complexity index is 403. The largest absolute Gasteiger partial charge is 0.351 e. The zero-order chi connectivity index (χ0) is 10.7. The van der Waals surface area contributed by atoms with E-state index in [0.29, 0.717) is 12.5 Å². The van der Waals surface area contributed by atoms with Crippen LogP contribution in [0.3, 0.4) is 0 Å². The Morgan fingerprint density at radius 2 is 2.40 bits per heavy atom. The molecule has 80 valence electrons. The maximum absolute atomic E-state index is 5.79. The van der Waals surface area contributed by atoms with Crippen molar-refractivity contribution in [1.82, 2.24) is 14.6 Å². The van der Waals surface area contributed by atoms with E-state index in [2.05, 4.69) is 22.3 Å². The van der Waals surface area contributed by atoms with Crippen LogP contribution in [0.4, 0.5) is 5.95 Å². The number of fused-ring (bicyclic) bond motifs is 1. The minimum atomic E-state index is 0.150. The van der Waals surface area contributed by atoms with E-state index in [9.17, 15) is 0 Å². The molecule has 2 aromatic rings. The van der Waals surface area contributed by atoms with Crippen molar-refractivity contribution in [3.63, 3.8) is 0 Å². The van der Waals surface area contributed by atoms with E-state index < -0.39 is 0 Å². The summed E-state index contributed by atoms with van der Waals surface area (Å²) in [4.78, 5) is 4.30. The predicted octanol–water partition coefficient (Wildman–Crippen LogP) is 0.879. The van der Waals surface area contributed by atoms with Crippen LogP contribution in [-0.4, -0.2) is 27.2 Å². The molecule has 0 spiro atoms. The second-order valence-corrected chi connectivity index (χ2v) is 3.49. The van der Waals surface area contributed by atoms with E-state index in [4.69, 9.17) is 5.73 Å². The second kappa shape index (κ2) is 4.27. The molecule has 0 aliphatic heterocycles. The first-order valence-electron chi connectivity index (χ1n) is 5.10. The van der Waals surface area contributed by atoms with Gasteiger partial charge in [-0.3, -0.25) is 0 Å². The fourth-order valence-electron chi connectivity index (χ4n) is 1.27. The molecule has 0 aromatic carbocycles. The quantitative estimate of drug-likeness (QED) is 0.777. The Kier molecular flexibility index (Phi) is 2.82. The Morgan fingerprint density at radius 1 is 1.53 bits per heavy atom. The highest BCUT2D eigenvalue weighted by atomic mass is 15.3. The van der Waals surface area contributed by atoms with Gasteiger partial charge in [0, 0.05) is 18.8 Å². The van der Waals surface area contributed by atoms with Crippen LogP contribution in [0, 0.1) is 0 Å². The van der Waals surface area contributed by atoms with Crippen LogP contribution in [0.15, 0.2) is 24.4 Å². The molecular formula is C10H15N5. The van der Waals surface area contributed by atoms with Crippen LogP contribution in [-0.2, 0) is 0 Å². The van der Waals surface area contributed by atoms with Gasteiger partial charge in [0.25, 0.3) is 0 Å². The van der Waals surface area contributed by atoms with Gasteiger partial charge in [-0.05, 0) is 18.6 Å². The molecule has 15 heavy (non-hydrogen) atoms. The van der Waals surface area contributed by atoms with Gasteiger partial charge in [0.05, 0.1) is 0 Å². The van der Waals surface area contributed by atoms with Gasteiger partial charge in [-0.15, -0.1) is 5.10 Å². The van der Waals surface area contributed by atoms with Gasteiger partial charge in [0.2, 0.25) is 5.95 Å². The monoisotopic (exact) mass is 205 g/mol. The topological polar surface area (TPSA) is 68.2 Å². The Labute approximate surface area is 88.3 Å². The lowest BCUT2D eigenvalue weighted by Gasteiger charge is -2.07. The van der Waals surface area contributed by atoms with Crippen molar-refractivity contribution < 1.29 is 0 Å². The maximum Gasteiger partial charge on any atom is 0.243 e. The lowest BCUT2D eigenvalue weighted by atomic mass is 10.2. The Balaban J connectivity index is 2.09. The highest BCUT2D eigenvalue weighted by Crippen LogP contribution is 2.04. The smallest absolute Gasteiger partial charge is 0.243 e. The van der Waals surface area contributed by atoms with Crippen LogP contribution >= 0.6 is 0 Å². The van der Waals surface area contributed by atoms with Crippen LogP contribution in [0.1, 0.15) is 13.3 Å². The van der Waals surface area contributed by atoms with Crippen molar-refractivity contribution in [3.05, 3.63) is 24.4 Å². The molecule has 3 N–H and O–H groups in total. The number of nitrogens with one attached hydrogen (secondary N) is 1. The van der Waals surface area contributed by atoms with Gasteiger partial charge in [-0.25, -0.2) is 4.52 Å². The number of aromatic nitrogens is 3. The fourth-order valence-corrected chi connectivity index (χ4v) is 1.27. The average Bonchev–Trinajstić information content (AvgIpc) is 2.68. The number of pyridine rings is 1. The molecule has 2 rings (SSSR count). The van der Waals surface area contributed by atoms with E-state index in [0.717, 1.165) is 12.1 Å². The molecule has 2 heterocycles. The minimum Gasteiger partial charge on any atom is -0.351 e. The van der Waals surface area contributed by atoms with Gasteiger partial charge >= 0.3 is 0 Å². The molecule has 0 bridgehead atoms. The first-order chi connectivity index (χ1) is 7.29. The standard InChI is InChI=1S/C10H15N5/c1-2-8(11)7-12-10-13-9-5-3-4-6-15(9)14-10/h3-6,8H,2,7,11H2,1H3,(H,12,14). The molecule has 0 aliphatic carbocycles. The highest BCUT2D eigenvalue weighted by Gasteiger charge is 2.03. The van der Waals surface area contributed by atoms with Crippen molar-refractivity contribution >= 4 is 11.6 Å². The molecule has 5 nitrogen and oxygen atoms in total. The number of nitrogens with two attached hydrogens (primary N) is 1. The summed E-state index contributed by atoms with van der Waals surface area (Å²) >= 11 is 0. The van der Waals surface area contributed by atoms with Crippen molar-refractivity contribution in [2.45, 2.75) is 19.4 Å². The van der Waals surface area contributed by atoms with Crippen LogP contribution in [0.25, 0.3) is 5.65 Å². The number of nitrogens with zero attached hydrogens (tertiary/aromatic N) is 3. The zero-order valence-corrected chi connectivity index (χ0v) is 8.72. The summed E-state index contributed by atoms with van der Waals surface area (Å²) in [5.41, 5.74) is 6.63. The van der Waals surface area contributed by atoms with E-state index in [1.54, 1.807) is 4.52 Å². The molecule has 0 fully saturated rings. The van der Waals surface area contributed by atoms with Gasteiger partial charge < -0.3 is 11.1 Å². The third kappa shape index (κ3) is 2.24. The molecular weight excluding hydrogens is 190 g/mol. The van der Waals surface area contributed by atoms with Crippen LogP contribution < -0.4 is 11.1 Å². The summed E-state index contributed by atoms with van der Waals surface area (Å²) < 4.78 is 1.74. The van der Waals surface area contributed by atoms with Crippen molar-refractivity contribution in [3.8, 4) is 0 Å². The Hall–Kier alpha value is -1.62. The van der Waals surface area contributed by atoms with Crippen molar-refractivity contribution in [2.24, 2.45) is 5.73 Å². The van der Waals surface area contributed by atoms with Gasteiger partial charge in [-0.2, -0.15) is 4.98 Å². The highest BCUT2D eigenvalue weighted by molar-refractivity contribution is 5.42. The van der Waals surface area contributed by atoms with E-state index in [-0.39, 0.29) is 6.04 Å². The number of hydrogen-bond donors (Lipinski definition) is 2. The minimum absolute atomic E-state index is 0.150. The molecule has 5 heteroatoms. The third-order valence-electron chi connectivity index (χ3n) is 2.29.